The van der Waals surface area contributed by atoms with Crippen LogP contribution in [0.2, 0.25) is 0 Å². The number of halogens is 2. The zero-order valence-corrected chi connectivity index (χ0v) is 12.8. The molecular weight excluding hydrogens is 329 g/mol. The first-order valence-corrected chi connectivity index (χ1v) is 6.85. The predicted octanol–water partition coefficient (Wildman–Crippen LogP) is 2.68. The largest absolute Gasteiger partial charge is 0.481 e. The predicted molar refractivity (Wildman–Crippen MR) is 78.2 cm³/mol. The fourth-order valence-electron chi connectivity index (χ4n) is 1.30. The molecule has 4 nitrogen and oxygen atoms in total. The summed E-state index contributed by atoms with van der Waals surface area (Å²) < 4.78 is 24.3. The number of amides is 1. The lowest BCUT2D eigenvalue weighted by molar-refractivity contribution is -0.123. The van der Waals surface area contributed by atoms with Gasteiger partial charge in [0.05, 0.1) is 13.2 Å². The molecule has 0 unspecified atom stereocenters. The Kier molecular flexibility index (Phi) is 7.25. The van der Waals surface area contributed by atoms with E-state index < -0.39 is 5.82 Å². The van der Waals surface area contributed by atoms with Gasteiger partial charge in [-0.3, -0.25) is 4.79 Å². The van der Waals surface area contributed by atoms with E-state index in [2.05, 4.69) is 27.8 Å². The van der Waals surface area contributed by atoms with E-state index in [1.807, 2.05) is 6.92 Å². The monoisotopic (exact) mass is 345 g/mol. The molecule has 1 amide bonds. The molecule has 0 saturated heterocycles. The van der Waals surface area contributed by atoms with Crippen LogP contribution in [0.4, 0.5) is 4.39 Å². The lowest BCUT2D eigenvalue weighted by Gasteiger charge is -2.08. The lowest BCUT2D eigenvalue weighted by Crippen LogP contribution is -2.31. The molecule has 20 heavy (non-hydrogen) atoms. The third-order valence-electron chi connectivity index (χ3n) is 2.17. The van der Waals surface area contributed by atoms with E-state index in [4.69, 9.17) is 9.47 Å². The third-order valence-corrected chi connectivity index (χ3v) is 2.66. The van der Waals surface area contributed by atoms with Gasteiger partial charge < -0.3 is 14.8 Å². The molecule has 6 heteroatoms. The molecule has 0 aromatic heterocycles. The molecule has 0 aliphatic heterocycles. The number of hydrogen-bond acceptors (Lipinski definition) is 3. The van der Waals surface area contributed by atoms with Gasteiger partial charge in [0.1, 0.15) is 0 Å². The van der Waals surface area contributed by atoms with Crippen LogP contribution in [-0.4, -0.2) is 32.3 Å². The molecule has 0 fully saturated rings. The van der Waals surface area contributed by atoms with E-state index in [-0.39, 0.29) is 18.3 Å². The highest BCUT2D eigenvalue weighted by atomic mass is 79.9. The van der Waals surface area contributed by atoms with Gasteiger partial charge >= 0.3 is 0 Å². The molecule has 0 saturated carbocycles. The number of carbonyl (C=O) groups excluding carboxylic acids is 1. The fraction of sp³-hybridized carbons (Fsp3) is 0.357. The number of benzene rings is 1. The molecular formula is C14H17BrFNO3. The van der Waals surface area contributed by atoms with Crippen LogP contribution in [-0.2, 0) is 9.53 Å². The van der Waals surface area contributed by atoms with Gasteiger partial charge in [-0.25, -0.2) is 4.39 Å². The van der Waals surface area contributed by atoms with Gasteiger partial charge in [-0.1, -0.05) is 28.1 Å². The molecule has 1 N–H and O–H groups in total. The van der Waals surface area contributed by atoms with Crippen LogP contribution < -0.4 is 10.1 Å². The second-order valence-electron chi connectivity index (χ2n) is 4.22. The van der Waals surface area contributed by atoms with Crippen molar-refractivity contribution in [3.63, 3.8) is 0 Å². The summed E-state index contributed by atoms with van der Waals surface area (Å²) >= 11 is 3.14. The van der Waals surface area contributed by atoms with Gasteiger partial charge in [0, 0.05) is 11.0 Å². The summed E-state index contributed by atoms with van der Waals surface area (Å²) in [5, 5.41) is 2.61. The van der Waals surface area contributed by atoms with Crippen molar-refractivity contribution >= 4 is 21.8 Å². The molecule has 0 aliphatic carbocycles. The van der Waals surface area contributed by atoms with Crippen LogP contribution in [0.25, 0.3) is 0 Å². The summed E-state index contributed by atoms with van der Waals surface area (Å²) in [6.45, 7) is 6.55. The number of ether oxygens (including phenoxy) is 2. The third kappa shape index (κ3) is 6.68. The normalized spacial score (nSPS) is 10.2. The Labute approximate surface area is 126 Å². The highest BCUT2D eigenvalue weighted by molar-refractivity contribution is 9.10. The first kappa shape index (κ1) is 16.7. The van der Waals surface area contributed by atoms with Crippen molar-refractivity contribution in [2.45, 2.75) is 6.92 Å². The van der Waals surface area contributed by atoms with E-state index in [0.29, 0.717) is 24.2 Å². The van der Waals surface area contributed by atoms with Crippen molar-refractivity contribution in [1.82, 2.24) is 5.32 Å². The maximum absolute atomic E-state index is 13.4. The summed E-state index contributed by atoms with van der Waals surface area (Å²) in [6.07, 6.45) is 0. The Morgan fingerprint density at radius 1 is 1.45 bits per heavy atom. The Hall–Kier alpha value is -1.40. The minimum Gasteiger partial charge on any atom is -0.481 e. The van der Waals surface area contributed by atoms with Crippen LogP contribution in [0.5, 0.6) is 5.75 Å². The minimum atomic E-state index is -0.517. The maximum Gasteiger partial charge on any atom is 0.258 e. The van der Waals surface area contributed by atoms with Gasteiger partial charge in [-0.2, -0.15) is 0 Å². The summed E-state index contributed by atoms with van der Waals surface area (Å²) in [4.78, 5) is 11.5. The number of rotatable bonds is 8. The Morgan fingerprint density at radius 2 is 2.20 bits per heavy atom. The van der Waals surface area contributed by atoms with E-state index in [0.717, 1.165) is 5.57 Å². The van der Waals surface area contributed by atoms with Crippen LogP contribution in [0.3, 0.4) is 0 Å². The molecule has 0 spiro atoms. The summed E-state index contributed by atoms with van der Waals surface area (Å²) in [5.41, 5.74) is 0.922. The number of nitrogens with one attached hydrogen (secondary N) is 1. The Balaban J connectivity index is 2.21. The van der Waals surface area contributed by atoms with E-state index in [1.165, 1.54) is 12.1 Å². The summed E-state index contributed by atoms with van der Waals surface area (Å²) in [7, 11) is 0. The standard InChI is InChI=1S/C14H17BrFNO3/c1-10(2)8-19-6-5-17-14(18)9-20-13-4-3-11(15)7-12(13)16/h3-4,7H,1,5-6,8-9H2,2H3,(H,17,18). The van der Waals surface area contributed by atoms with Gasteiger partial charge in [0.15, 0.2) is 18.2 Å². The fourth-order valence-corrected chi connectivity index (χ4v) is 1.63. The van der Waals surface area contributed by atoms with Gasteiger partial charge in [0.25, 0.3) is 5.91 Å². The van der Waals surface area contributed by atoms with Crippen molar-refractivity contribution < 1.29 is 18.7 Å². The zero-order valence-electron chi connectivity index (χ0n) is 11.2. The smallest absolute Gasteiger partial charge is 0.258 e. The molecule has 0 radical (unpaired) electrons. The van der Waals surface area contributed by atoms with E-state index >= 15 is 0 Å². The molecule has 1 aromatic rings. The molecule has 0 atom stereocenters. The van der Waals surface area contributed by atoms with Gasteiger partial charge in [0.2, 0.25) is 0 Å². The average Bonchev–Trinajstić information content (AvgIpc) is 2.37. The highest BCUT2D eigenvalue weighted by Gasteiger charge is 2.07. The van der Waals surface area contributed by atoms with Crippen LogP contribution >= 0.6 is 15.9 Å². The topological polar surface area (TPSA) is 47.6 Å². The van der Waals surface area contributed by atoms with Gasteiger partial charge in [-0.05, 0) is 25.1 Å². The van der Waals surface area contributed by atoms with Crippen molar-refractivity contribution in [3.8, 4) is 5.75 Å². The number of hydrogen-bond donors (Lipinski definition) is 1. The summed E-state index contributed by atoms with van der Waals surface area (Å²) in [6, 6.07) is 4.38. The quantitative estimate of drug-likeness (QED) is 0.582. The SMILES string of the molecule is C=C(C)COCCNC(=O)COc1ccc(Br)cc1F. The highest BCUT2D eigenvalue weighted by Crippen LogP contribution is 2.21. The first-order chi connectivity index (χ1) is 9.49. The lowest BCUT2D eigenvalue weighted by atomic mass is 10.3. The Morgan fingerprint density at radius 3 is 2.85 bits per heavy atom. The van der Waals surface area contributed by atoms with Crippen molar-refractivity contribution in [3.05, 3.63) is 40.6 Å². The number of carbonyl (C=O) groups is 1. The second-order valence-corrected chi connectivity index (χ2v) is 5.14. The average molecular weight is 346 g/mol. The molecule has 0 bridgehead atoms. The maximum atomic E-state index is 13.4. The summed E-state index contributed by atoms with van der Waals surface area (Å²) in [5.74, 6) is -0.801. The molecule has 0 heterocycles. The van der Waals surface area contributed by atoms with Crippen molar-refractivity contribution in [2.75, 3.05) is 26.4 Å². The Bertz CT molecular complexity index is 479. The van der Waals surface area contributed by atoms with Gasteiger partial charge in [-0.15, -0.1) is 0 Å². The van der Waals surface area contributed by atoms with E-state index in [1.54, 1.807) is 6.07 Å². The zero-order chi connectivity index (χ0) is 15.0. The van der Waals surface area contributed by atoms with Crippen molar-refractivity contribution in [1.29, 1.82) is 0 Å². The van der Waals surface area contributed by atoms with Crippen molar-refractivity contribution in [2.24, 2.45) is 0 Å². The first-order valence-electron chi connectivity index (χ1n) is 6.05. The second kappa shape index (κ2) is 8.71. The van der Waals surface area contributed by atoms with Crippen LogP contribution in [0.15, 0.2) is 34.8 Å². The molecule has 1 rings (SSSR count). The molecule has 110 valence electrons. The van der Waals surface area contributed by atoms with Crippen LogP contribution in [0.1, 0.15) is 6.92 Å². The minimum absolute atomic E-state index is 0.0434. The van der Waals surface area contributed by atoms with E-state index in [9.17, 15) is 9.18 Å². The van der Waals surface area contributed by atoms with Crippen LogP contribution in [0, 0.1) is 5.82 Å². The molecule has 1 aromatic carbocycles. The molecule has 0 aliphatic rings.